The minimum atomic E-state index is -0.516. The number of benzene rings is 1. The number of amides is 3. The van der Waals surface area contributed by atoms with Crippen LogP contribution in [0.3, 0.4) is 0 Å². The van der Waals surface area contributed by atoms with Crippen molar-refractivity contribution in [3.8, 4) is 0 Å². The van der Waals surface area contributed by atoms with Gasteiger partial charge in [0.2, 0.25) is 11.8 Å². The second-order valence-electron chi connectivity index (χ2n) is 5.04. The number of nitrogens with zero attached hydrogens (tertiary/aromatic N) is 1. The molecule has 3 amide bonds. The summed E-state index contributed by atoms with van der Waals surface area (Å²) in [5.74, 6) is -0.514. The Balaban J connectivity index is 1.74. The number of nitrogens with two attached hydrogens (primary N) is 1. The zero-order valence-electron chi connectivity index (χ0n) is 11.8. The van der Waals surface area contributed by atoms with Crippen molar-refractivity contribution in [3.63, 3.8) is 0 Å². The van der Waals surface area contributed by atoms with Crippen LogP contribution in [0.2, 0.25) is 0 Å². The third kappa shape index (κ3) is 4.05. The summed E-state index contributed by atoms with van der Waals surface area (Å²) in [6.45, 7) is 2.02. The van der Waals surface area contributed by atoms with Crippen molar-refractivity contribution in [1.82, 2.24) is 10.2 Å². The second kappa shape index (κ2) is 6.88. The van der Waals surface area contributed by atoms with Gasteiger partial charge in [-0.15, -0.1) is 0 Å². The SMILES string of the molecule is NC(=O)c1ccc(C(=O)NCCCN2CCCC2=O)cc1. The zero-order chi connectivity index (χ0) is 15.2. The minimum Gasteiger partial charge on any atom is -0.366 e. The number of likely N-dealkylation sites (tertiary alicyclic amines) is 1. The Morgan fingerprint density at radius 2 is 1.86 bits per heavy atom. The molecule has 1 aromatic rings. The van der Waals surface area contributed by atoms with Gasteiger partial charge in [0.25, 0.3) is 5.91 Å². The Kier molecular flexibility index (Phi) is 4.92. The Morgan fingerprint density at radius 3 is 2.43 bits per heavy atom. The molecule has 3 N–H and O–H groups in total. The predicted octanol–water partition coefficient (Wildman–Crippen LogP) is 0.528. The average Bonchev–Trinajstić information content (AvgIpc) is 2.89. The van der Waals surface area contributed by atoms with Gasteiger partial charge < -0.3 is 16.0 Å². The number of hydrogen-bond donors (Lipinski definition) is 2. The van der Waals surface area contributed by atoms with E-state index in [4.69, 9.17) is 5.73 Å². The highest BCUT2D eigenvalue weighted by Gasteiger charge is 2.19. The number of primary amides is 1. The van der Waals surface area contributed by atoms with Gasteiger partial charge in [-0.1, -0.05) is 0 Å². The van der Waals surface area contributed by atoms with Crippen LogP contribution in [0.15, 0.2) is 24.3 Å². The molecule has 2 rings (SSSR count). The van der Waals surface area contributed by atoms with E-state index in [1.165, 1.54) is 12.1 Å². The third-order valence-electron chi connectivity index (χ3n) is 3.49. The van der Waals surface area contributed by atoms with Gasteiger partial charge in [0.15, 0.2) is 0 Å². The standard InChI is InChI=1S/C15H19N3O3/c16-14(20)11-4-6-12(7-5-11)15(21)17-8-2-10-18-9-1-3-13(18)19/h4-7H,1-3,8-10H2,(H2,16,20)(H,17,21). The normalized spacial score (nSPS) is 14.3. The maximum Gasteiger partial charge on any atom is 0.251 e. The lowest BCUT2D eigenvalue weighted by Gasteiger charge is -2.15. The zero-order valence-corrected chi connectivity index (χ0v) is 11.8. The molecule has 0 bridgehead atoms. The van der Waals surface area contributed by atoms with Crippen molar-refractivity contribution in [1.29, 1.82) is 0 Å². The third-order valence-corrected chi connectivity index (χ3v) is 3.49. The Hall–Kier alpha value is -2.37. The van der Waals surface area contributed by atoms with Crippen molar-refractivity contribution in [2.75, 3.05) is 19.6 Å². The maximum atomic E-state index is 11.9. The van der Waals surface area contributed by atoms with Crippen LogP contribution in [-0.2, 0) is 4.79 Å². The van der Waals surface area contributed by atoms with Crippen LogP contribution >= 0.6 is 0 Å². The summed E-state index contributed by atoms with van der Waals surface area (Å²) in [6, 6.07) is 6.19. The Bertz CT molecular complexity index is 540. The fourth-order valence-electron chi connectivity index (χ4n) is 2.30. The summed E-state index contributed by atoms with van der Waals surface area (Å²) < 4.78 is 0. The van der Waals surface area contributed by atoms with Crippen LogP contribution in [0.5, 0.6) is 0 Å². The van der Waals surface area contributed by atoms with Gasteiger partial charge in [-0.05, 0) is 37.1 Å². The molecule has 1 fully saturated rings. The van der Waals surface area contributed by atoms with Gasteiger partial charge in [0, 0.05) is 37.2 Å². The number of carbonyl (C=O) groups excluding carboxylic acids is 3. The van der Waals surface area contributed by atoms with Gasteiger partial charge in [0.1, 0.15) is 0 Å². The first-order valence-corrected chi connectivity index (χ1v) is 7.04. The lowest BCUT2D eigenvalue weighted by Crippen LogP contribution is -2.30. The molecule has 0 spiro atoms. The maximum absolute atomic E-state index is 11.9. The molecule has 0 aliphatic carbocycles. The number of carbonyl (C=O) groups is 3. The van der Waals surface area contributed by atoms with E-state index in [9.17, 15) is 14.4 Å². The molecule has 1 aromatic carbocycles. The first-order valence-electron chi connectivity index (χ1n) is 7.04. The van der Waals surface area contributed by atoms with Crippen LogP contribution in [-0.4, -0.2) is 42.3 Å². The highest BCUT2D eigenvalue weighted by Crippen LogP contribution is 2.09. The molecule has 0 atom stereocenters. The van der Waals surface area contributed by atoms with Crippen molar-refractivity contribution in [3.05, 3.63) is 35.4 Å². The topological polar surface area (TPSA) is 92.5 Å². The molecular weight excluding hydrogens is 270 g/mol. The van der Waals surface area contributed by atoms with Crippen LogP contribution in [0.25, 0.3) is 0 Å². The summed E-state index contributed by atoms with van der Waals surface area (Å²) in [6.07, 6.45) is 2.30. The Morgan fingerprint density at radius 1 is 1.19 bits per heavy atom. The molecule has 1 aliphatic rings. The highest BCUT2D eigenvalue weighted by molar-refractivity contribution is 5.97. The molecular formula is C15H19N3O3. The molecule has 6 heteroatoms. The van der Waals surface area contributed by atoms with E-state index >= 15 is 0 Å². The van der Waals surface area contributed by atoms with Gasteiger partial charge >= 0.3 is 0 Å². The molecule has 0 saturated carbocycles. The fourth-order valence-corrected chi connectivity index (χ4v) is 2.30. The monoisotopic (exact) mass is 289 g/mol. The van der Waals surface area contributed by atoms with Crippen molar-refractivity contribution in [2.24, 2.45) is 5.73 Å². The number of rotatable bonds is 6. The molecule has 21 heavy (non-hydrogen) atoms. The first-order chi connectivity index (χ1) is 10.1. The fraction of sp³-hybridized carbons (Fsp3) is 0.400. The van der Waals surface area contributed by atoms with Gasteiger partial charge in [-0.3, -0.25) is 14.4 Å². The molecule has 0 aromatic heterocycles. The minimum absolute atomic E-state index is 0.196. The highest BCUT2D eigenvalue weighted by atomic mass is 16.2. The van der Waals surface area contributed by atoms with Crippen molar-refractivity contribution < 1.29 is 14.4 Å². The van der Waals surface area contributed by atoms with E-state index in [0.29, 0.717) is 30.6 Å². The largest absolute Gasteiger partial charge is 0.366 e. The van der Waals surface area contributed by atoms with Gasteiger partial charge in [-0.25, -0.2) is 0 Å². The molecule has 1 aliphatic heterocycles. The predicted molar refractivity (Wildman–Crippen MR) is 77.7 cm³/mol. The Labute approximate surface area is 123 Å². The second-order valence-corrected chi connectivity index (χ2v) is 5.04. The lowest BCUT2D eigenvalue weighted by atomic mass is 10.1. The molecule has 1 heterocycles. The summed E-state index contributed by atoms with van der Waals surface area (Å²) >= 11 is 0. The van der Waals surface area contributed by atoms with Crippen LogP contribution in [0.1, 0.15) is 40.0 Å². The van der Waals surface area contributed by atoms with Crippen LogP contribution in [0, 0.1) is 0 Å². The summed E-state index contributed by atoms with van der Waals surface area (Å²) in [4.78, 5) is 36.1. The van der Waals surface area contributed by atoms with E-state index < -0.39 is 5.91 Å². The first kappa shape index (κ1) is 15.0. The van der Waals surface area contributed by atoms with Crippen molar-refractivity contribution in [2.45, 2.75) is 19.3 Å². The number of hydrogen-bond acceptors (Lipinski definition) is 3. The van der Waals surface area contributed by atoms with Crippen molar-refractivity contribution >= 4 is 17.7 Å². The number of nitrogens with one attached hydrogen (secondary N) is 1. The molecule has 0 radical (unpaired) electrons. The van der Waals surface area contributed by atoms with Gasteiger partial charge in [-0.2, -0.15) is 0 Å². The summed E-state index contributed by atoms with van der Waals surface area (Å²) in [5, 5.41) is 2.79. The van der Waals surface area contributed by atoms with E-state index in [0.717, 1.165) is 19.4 Å². The molecule has 1 saturated heterocycles. The molecule has 6 nitrogen and oxygen atoms in total. The average molecular weight is 289 g/mol. The van der Waals surface area contributed by atoms with Crippen LogP contribution in [0.4, 0.5) is 0 Å². The van der Waals surface area contributed by atoms with E-state index in [2.05, 4.69) is 5.32 Å². The molecule has 0 unspecified atom stereocenters. The van der Waals surface area contributed by atoms with E-state index in [1.807, 2.05) is 4.90 Å². The van der Waals surface area contributed by atoms with Crippen LogP contribution < -0.4 is 11.1 Å². The smallest absolute Gasteiger partial charge is 0.251 e. The van der Waals surface area contributed by atoms with E-state index in [1.54, 1.807) is 12.1 Å². The molecule has 112 valence electrons. The lowest BCUT2D eigenvalue weighted by molar-refractivity contribution is -0.127. The summed E-state index contributed by atoms with van der Waals surface area (Å²) in [5.41, 5.74) is 6.00. The quantitative estimate of drug-likeness (QED) is 0.748. The summed E-state index contributed by atoms with van der Waals surface area (Å²) in [7, 11) is 0. The van der Waals surface area contributed by atoms with Gasteiger partial charge in [0.05, 0.1) is 0 Å². The van der Waals surface area contributed by atoms with E-state index in [-0.39, 0.29) is 11.8 Å².